The normalized spacial score (nSPS) is 10.0. The molecule has 1 aromatic heterocycles. The third-order valence-corrected chi connectivity index (χ3v) is 2.40. The Kier molecular flexibility index (Phi) is 1.86. The SMILES string of the molecule is C#Cc1cc2c(C)c(C=O)ccc2[nH]1. The number of aldehydes is 1. The number of hydrogen-bond acceptors (Lipinski definition) is 1. The van der Waals surface area contributed by atoms with Crippen LogP contribution in [0.15, 0.2) is 18.2 Å². The third kappa shape index (κ3) is 1.11. The molecule has 0 saturated heterocycles. The fourth-order valence-electron chi connectivity index (χ4n) is 1.57. The maximum atomic E-state index is 10.7. The third-order valence-electron chi connectivity index (χ3n) is 2.40. The van der Waals surface area contributed by atoms with Crippen LogP contribution in [0.5, 0.6) is 0 Å². The Balaban J connectivity index is 2.83. The minimum atomic E-state index is 0.708. The summed E-state index contributed by atoms with van der Waals surface area (Å²) in [6, 6.07) is 5.55. The van der Waals surface area contributed by atoms with E-state index in [-0.39, 0.29) is 0 Å². The number of aromatic nitrogens is 1. The van der Waals surface area contributed by atoms with Gasteiger partial charge >= 0.3 is 0 Å². The first-order chi connectivity index (χ1) is 6.76. The highest BCUT2D eigenvalue weighted by molar-refractivity contribution is 5.92. The van der Waals surface area contributed by atoms with Crippen molar-refractivity contribution in [1.82, 2.24) is 4.98 Å². The number of rotatable bonds is 1. The number of carbonyl (C=O) groups is 1. The summed E-state index contributed by atoms with van der Waals surface area (Å²) in [6.07, 6.45) is 6.14. The minimum absolute atomic E-state index is 0.708. The zero-order valence-corrected chi connectivity index (χ0v) is 7.79. The summed E-state index contributed by atoms with van der Waals surface area (Å²) in [7, 11) is 0. The smallest absolute Gasteiger partial charge is 0.150 e. The van der Waals surface area contributed by atoms with Crippen molar-refractivity contribution in [3.8, 4) is 12.3 Å². The number of aromatic amines is 1. The second-order valence-electron chi connectivity index (χ2n) is 3.19. The second kappa shape index (κ2) is 3.04. The van der Waals surface area contributed by atoms with Gasteiger partial charge in [0.2, 0.25) is 0 Å². The van der Waals surface area contributed by atoms with Crippen LogP contribution in [0.3, 0.4) is 0 Å². The molecule has 0 aliphatic rings. The molecule has 2 aromatic rings. The van der Waals surface area contributed by atoms with Gasteiger partial charge in [-0.3, -0.25) is 4.79 Å². The van der Waals surface area contributed by atoms with E-state index in [1.54, 1.807) is 6.07 Å². The average Bonchev–Trinajstić information content (AvgIpc) is 2.62. The van der Waals surface area contributed by atoms with Gasteiger partial charge in [0.15, 0.2) is 0 Å². The Morgan fingerprint density at radius 3 is 2.93 bits per heavy atom. The van der Waals surface area contributed by atoms with Gasteiger partial charge < -0.3 is 4.98 Å². The van der Waals surface area contributed by atoms with Crippen molar-refractivity contribution in [3.63, 3.8) is 0 Å². The Hall–Kier alpha value is -2.01. The molecule has 1 N–H and O–H groups in total. The molecule has 2 heteroatoms. The van der Waals surface area contributed by atoms with Gasteiger partial charge in [-0.1, -0.05) is 5.92 Å². The summed E-state index contributed by atoms with van der Waals surface area (Å²) < 4.78 is 0. The number of fused-ring (bicyclic) bond motifs is 1. The first-order valence-corrected chi connectivity index (χ1v) is 4.30. The van der Waals surface area contributed by atoms with Crippen LogP contribution in [0, 0.1) is 19.3 Å². The topological polar surface area (TPSA) is 32.9 Å². The zero-order valence-electron chi connectivity index (χ0n) is 7.79. The average molecular weight is 183 g/mol. The Bertz CT molecular complexity index is 543. The fraction of sp³-hybridized carbons (Fsp3) is 0.0833. The summed E-state index contributed by atoms with van der Waals surface area (Å²) in [6.45, 7) is 1.92. The highest BCUT2D eigenvalue weighted by atomic mass is 16.1. The highest BCUT2D eigenvalue weighted by Crippen LogP contribution is 2.21. The second-order valence-corrected chi connectivity index (χ2v) is 3.19. The molecule has 1 aromatic carbocycles. The van der Waals surface area contributed by atoms with Gasteiger partial charge in [0.05, 0.1) is 5.69 Å². The van der Waals surface area contributed by atoms with Crippen LogP contribution in [0.1, 0.15) is 21.6 Å². The molecule has 0 aliphatic carbocycles. The molecule has 2 rings (SSSR count). The standard InChI is InChI=1S/C12H9NO/c1-3-10-6-11-8(2)9(7-14)4-5-12(11)13-10/h1,4-7,13H,2H3. The zero-order chi connectivity index (χ0) is 10.1. The van der Waals surface area contributed by atoms with E-state index in [1.807, 2.05) is 19.1 Å². The number of terminal acetylenes is 1. The van der Waals surface area contributed by atoms with E-state index < -0.39 is 0 Å². The van der Waals surface area contributed by atoms with Crippen LogP contribution < -0.4 is 0 Å². The molecule has 0 radical (unpaired) electrons. The molecule has 0 unspecified atom stereocenters. The summed E-state index contributed by atoms with van der Waals surface area (Å²) in [5.41, 5.74) is 3.39. The first kappa shape index (κ1) is 8.58. The largest absolute Gasteiger partial charge is 0.348 e. The van der Waals surface area contributed by atoms with Crippen LogP contribution >= 0.6 is 0 Å². The fourth-order valence-corrected chi connectivity index (χ4v) is 1.57. The van der Waals surface area contributed by atoms with E-state index >= 15 is 0 Å². The van der Waals surface area contributed by atoms with E-state index in [0.29, 0.717) is 5.56 Å². The summed E-state index contributed by atoms with van der Waals surface area (Å²) in [5.74, 6) is 2.54. The van der Waals surface area contributed by atoms with E-state index in [4.69, 9.17) is 6.42 Å². The lowest BCUT2D eigenvalue weighted by Gasteiger charge is -1.98. The molecule has 0 aliphatic heterocycles. The number of benzene rings is 1. The Morgan fingerprint density at radius 2 is 2.29 bits per heavy atom. The molecule has 0 amide bonds. The van der Waals surface area contributed by atoms with Crippen molar-refractivity contribution in [2.24, 2.45) is 0 Å². The molecule has 0 fully saturated rings. The Labute approximate surface area is 81.9 Å². The van der Waals surface area contributed by atoms with E-state index in [0.717, 1.165) is 28.4 Å². The monoisotopic (exact) mass is 183 g/mol. The highest BCUT2D eigenvalue weighted by Gasteiger charge is 2.05. The van der Waals surface area contributed by atoms with Crippen molar-refractivity contribution in [1.29, 1.82) is 0 Å². The van der Waals surface area contributed by atoms with Crippen molar-refractivity contribution in [2.75, 3.05) is 0 Å². The summed E-state index contributed by atoms with van der Waals surface area (Å²) >= 11 is 0. The van der Waals surface area contributed by atoms with Crippen LogP contribution in [0.4, 0.5) is 0 Å². The van der Waals surface area contributed by atoms with Crippen LogP contribution in [-0.4, -0.2) is 11.3 Å². The molecule has 1 heterocycles. The van der Waals surface area contributed by atoms with Crippen molar-refractivity contribution in [2.45, 2.75) is 6.92 Å². The molecule has 0 spiro atoms. The lowest BCUT2D eigenvalue weighted by atomic mass is 10.1. The molecular formula is C12H9NO. The molecule has 2 nitrogen and oxygen atoms in total. The maximum absolute atomic E-state index is 10.7. The van der Waals surface area contributed by atoms with E-state index in [1.165, 1.54) is 0 Å². The van der Waals surface area contributed by atoms with E-state index in [9.17, 15) is 4.79 Å². The van der Waals surface area contributed by atoms with Crippen molar-refractivity contribution in [3.05, 3.63) is 35.0 Å². The molecular weight excluding hydrogens is 174 g/mol. The molecule has 14 heavy (non-hydrogen) atoms. The van der Waals surface area contributed by atoms with Gasteiger partial charge in [0, 0.05) is 16.5 Å². The van der Waals surface area contributed by atoms with Gasteiger partial charge in [-0.05, 0) is 30.7 Å². The summed E-state index contributed by atoms with van der Waals surface area (Å²) in [4.78, 5) is 13.8. The van der Waals surface area contributed by atoms with Gasteiger partial charge in [-0.25, -0.2) is 0 Å². The molecule has 0 bridgehead atoms. The van der Waals surface area contributed by atoms with Gasteiger partial charge in [-0.15, -0.1) is 6.42 Å². The van der Waals surface area contributed by atoms with Crippen LogP contribution in [0.25, 0.3) is 10.9 Å². The number of hydrogen-bond donors (Lipinski definition) is 1. The predicted octanol–water partition coefficient (Wildman–Crippen LogP) is 2.27. The predicted molar refractivity (Wildman–Crippen MR) is 56.4 cm³/mol. The maximum Gasteiger partial charge on any atom is 0.150 e. The van der Waals surface area contributed by atoms with Crippen molar-refractivity contribution >= 4 is 17.2 Å². The lowest BCUT2D eigenvalue weighted by molar-refractivity contribution is 0.112. The lowest BCUT2D eigenvalue weighted by Crippen LogP contribution is -1.85. The minimum Gasteiger partial charge on any atom is -0.348 e. The number of H-pyrrole nitrogens is 1. The Morgan fingerprint density at radius 1 is 1.50 bits per heavy atom. The van der Waals surface area contributed by atoms with Crippen LogP contribution in [-0.2, 0) is 0 Å². The van der Waals surface area contributed by atoms with E-state index in [2.05, 4.69) is 10.9 Å². The van der Waals surface area contributed by atoms with Gasteiger partial charge in [0.1, 0.15) is 6.29 Å². The van der Waals surface area contributed by atoms with Gasteiger partial charge in [0.25, 0.3) is 0 Å². The molecule has 68 valence electrons. The summed E-state index contributed by atoms with van der Waals surface area (Å²) in [5, 5.41) is 1.02. The molecule has 0 saturated carbocycles. The van der Waals surface area contributed by atoms with Gasteiger partial charge in [-0.2, -0.15) is 0 Å². The number of aryl methyl sites for hydroxylation is 1. The first-order valence-electron chi connectivity index (χ1n) is 4.30. The number of nitrogens with one attached hydrogen (secondary N) is 1. The quantitative estimate of drug-likeness (QED) is 0.534. The van der Waals surface area contributed by atoms with Crippen LogP contribution in [0.2, 0.25) is 0 Å². The van der Waals surface area contributed by atoms with Crippen molar-refractivity contribution < 1.29 is 4.79 Å². The number of carbonyl (C=O) groups excluding carboxylic acids is 1. The molecule has 0 atom stereocenters.